The van der Waals surface area contributed by atoms with E-state index < -0.39 is 25.1 Å². The van der Waals surface area contributed by atoms with E-state index in [0.29, 0.717) is 6.42 Å². The summed E-state index contributed by atoms with van der Waals surface area (Å²) in [6.45, 7) is 1.43. The molecule has 0 N–H and O–H groups in total. The van der Waals surface area contributed by atoms with Crippen molar-refractivity contribution in [1.82, 2.24) is 4.31 Å². The summed E-state index contributed by atoms with van der Waals surface area (Å²) >= 11 is 0. The summed E-state index contributed by atoms with van der Waals surface area (Å²) in [4.78, 5) is 0. The Morgan fingerprint density at radius 2 is 1.94 bits per heavy atom. The number of nitriles is 1. The standard InChI is InChI=1S/C8H14N2O4S2/c1-8(7-9)16(13,14)10-3-2-5-15(11,12)6-4-10/h8H,2-6H2,1H3. The molecule has 0 spiro atoms. The summed E-state index contributed by atoms with van der Waals surface area (Å²) in [7, 11) is -6.81. The lowest BCUT2D eigenvalue weighted by molar-refractivity contribution is 0.432. The second-order valence-corrected chi connectivity index (χ2v) is 8.28. The molecule has 0 aliphatic carbocycles. The third-order valence-corrected chi connectivity index (χ3v) is 6.30. The number of hydrogen-bond acceptors (Lipinski definition) is 5. The van der Waals surface area contributed by atoms with Gasteiger partial charge in [-0.15, -0.1) is 0 Å². The van der Waals surface area contributed by atoms with Crippen LogP contribution in [0.2, 0.25) is 0 Å². The Balaban J connectivity index is 2.88. The quantitative estimate of drug-likeness (QED) is 0.661. The van der Waals surface area contributed by atoms with Crippen LogP contribution < -0.4 is 0 Å². The highest BCUT2D eigenvalue weighted by Gasteiger charge is 2.31. The Morgan fingerprint density at radius 3 is 2.50 bits per heavy atom. The van der Waals surface area contributed by atoms with Crippen LogP contribution in [-0.4, -0.2) is 51.0 Å². The van der Waals surface area contributed by atoms with E-state index in [4.69, 9.17) is 5.26 Å². The fourth-order valence-electron chi connectivity index (χ4n) is 1.46. The van der Waals surface area contributed by atoms with Crippen molar-refractivity contribution in [1.29, 1.82) is 5.26 Å². The minimum atomic E-state index is -3.68. The minimum Gasteiger partial charge on any atom is -0.229 e. The average molecular weight is 266 g/mol. The summed E-state index contributed by atoms with van der Waals surface area (Å²) in [5.41, 5.74) is 0. The molecule has 1 saturated heterocycles. The Bertz CT molecular complexity index is 489. The SMILES string of the molecule is CC(C#N)S(=O)(=O)N1CCCS(=O)(=O)CC1. The van der Waals surface area contributed by atoms with Crippen LogP contribution in [0.25, 0.3) is 0 Å². The van der Waals surface area contributed by atoms with Crippen molar-refractivity contribution in [3.8, 4) is 6.07 Å². The maximum Gasteiger partial charge on any atom is 0.230 e. The van der Waals surface area contributed by atoms with Gasteiger partial charge in [0.15, 0.2) is 15.1 Å². The van der Waals surface area contributed by atoms with Crippen LogP contribution in [0.5, 0.6) is 0 Å². The predicted molar refractivity (Wildman–Crippen MR) is 58.8 cm³/mol. The van der Waals surface area contributed by atoms with E-state index in [2.05, 4.69) is 0 Å². The Hall–Kier alpha value is -0.650. The van der Waals surface area contributed by atoms with E-state index in [9.17, 15) is 16.8 Å². The first-order valence-electron chi connectivity index (χ1n) is 4.88. The van der Waals surface area contributed by atoms with E-state index in [-0.39, 0.29) is 24.6 Å². The van der Waals surface area contributed by atoms with E-state index in [1.54, 1.807) is 6.07 Å². The van der Waals surface area contributed by atoms with Crippen LogP contribution in [0.1, 0.15) is 13.3 Å². The Kier molecular flexibility index (Phi) is 3.93. The topological polar surface area (TPSA) is 95.3 Å². The van der Waals surface area contributed by atoms with Crippen LogP contribution in [0.4, 0.5) is 0 Å². The zero-order chi connectivity index (χ0) is 12.4. The number of nitrogens with zero attached hydrogens (tertiary/aromatic N) is 2. The fraction of sp³-hybridized carbons (Fsp3) is 0.875. The summed E-state index contributed by atoms with van der Waals surface area (Å²) in [5, 5.41) is 7.47. The van der Waals surface area contributed by atoms with E-state index >= 15 is 0 Å². The maximum atomic E-state index is 11.8. The second kappa shape index (κ2) is 4.69. The highest BCUT2D eigenvalue weighted by molar-refractivity contribution is 7.91. The van der Waals surface area contributed by atoms with Gasteiger partial charge < -0.3 is 0 Å². The first-order valence-corrected chi connectivity index (χ1v) is 8.21. The lowest BCUT2D eigenvalue weighted by atomic mass is 10.5. The Morgan fingerprint density at radius 1 is 1.31 bits per heavy atom. The molecule has 0 radical (unpaired) electrons. The van der Waals surface area contributed by atoms with Gasteiger partial charge in [-0.2, -0.15) is 9.57 Å². The van der Waals surface area contributed by atoms with Crippen molar-refractivity contribution in [3.05, 3.63) is 0 Å². The zero-order valence-electron chi connectivity index (χ0n) is 8.96. The summed E-state index contributed by atoms with van der Waals surface area (Å²) < 4.78 is 47.3. The largest absolute Gasteiger partial charge is 0.230 e. The lowest BCUT2D eigenvalue weighted by Crippen LogP contribution is -2.38. The van der Waals surface area contributed by atoms with Gasteiger partial charge in [-0.1, -0.05) is 0 Å². The molecular weight excluding hydrogens is 252 g/mol. The summed E-state index contributed by atoms with van der Waals surface area (Å²) in [5.74, 6) is -0.148. The highest BCUT2D eigenvalue weighted by Crippen LogP contribution is 2.13. The van der Waals surface area contributed by atoms with Crippen molar-refractivity contribution in [2.75, 3.05) is 24.6 Å². The van der Waals surface area contributed by atoms with Gasteiger partial charge in [0.1, 0.15) is 0 Å². The van der Waals surface area contributed by atoms with Crippen LogP contribution >= 0.6 is 0 Å². The summed E-state index contributed by atoms with van der Waals surface area (Å²) in [6, 6.07) is 1.66. The van der Waals surface area contributed by atoms with Gasteiger partial charge >= 0.3 is 0 Å². The second-order valence-electron chi connectivity index (χ2n) is 3.72. The molecular formula is C8H14N2O4S2. The minimum absolute atomic E-state index is 0.0138. The maximum absolute atomic E-state index is 11.8. The molecule has 1 aliphatic rings. The normalized spacial score (nSPS) is 24.2. The molecule has 1 aliphatic heterocycles. The molecule has 16 heavy (non-hydrogen) atoms. The van der Waals surface area contributed by atoms with E-state index in [0.717, 1.165) is 4.31 Å². The number of sulfonamides is 1. The van der Waals surface area contributed by atoms with Crippen molar-refractivity contribution < 1.29 is 16.8 Å². The van der Waals surface area contributed by atoms with Gasteiger partial charge in [0.05, 0.1) is 17.6 Å². The van der Waals surface area contributed by atoms with Crippen molar-refractivity contribution in [2.45, 2.75) is 18.6 Å². The van der Waals surface area contributed by atoms with Crippen molar-refractivity contribution in [2.24, 2.45) is 0 Å². The van der Waals surface area contributed by atoms with Crippen LogP contribution in [0.3, 0.4) is 0 Å². The molecule has 1 atom stereocenters. The highest BCUT2D eigenvalue weighted by atomic mass is 32.2. The molecule has 1 heterocycles. The Labute approximate surface area is 95.8 Å². The van der Waals surface area contributed by atoms with E-state index in [1.807, 2.05) is 0 Å². The molecule has 1 fully saturated rings. The van der Waals surface area contributed by atoms with Gasteiger partial charge in [-0.05, 0) is 13.3 Å². The molecule has 1 rings (SSSR count). The number of sulfone groups is 1. The molecule has 92 valence electrons. The molecule has 0 aromatic heterocycles. The molecule has 0 bridgehead atoms. The van der Waals surface area contributed by atoms with Crippen molar-refractivity contribution >= 4 is 19.9 Å². The van der Waals surface area contributed by atoms with Gasteiger partial charge in [0.25, 0.3) is 0 Å². The third kappa shape index (κ3) is 2.93. The van der Waals surface area contributed by atoms with Gasteiger partial charge in [0, 0.05) is 13.1 Å². The fourth-order valence-corrected chi connectivity index (χ4v) is 4.16. The molecule has 6 nitrogen and oxygen atoms in total. The molecule has 0 aromatic rings. The van der Waals surface area contributed by atoms with Crippen LogP contribution in [-0.2, 0) is 19.9 Å². The molecule has 8 heteroatoms. The predicted octanol–water partition coefficient (Wildman–Crippen LogP) is -0.651. The molecule has 0 saturated carbocycles. The van der Waals surface area contributed by atoms with Gasteiger partial charge in [-0.3, -0.25) is 0 Å². The first-order chi connectivity index (χ1) is 7.29. The van der Waals surface area contributed by atoms with Crippen LogP contribution in [0, 0.1) is 11.3 Å². The lowest BCUT2D eigenvalue weighted by Gasteiger charge is -2.20. The smallest absolute Gasteiger partial charge is 0.229 e. The monoisotopic (exact) mass is 266 g/mol. The molecule has 1 unspecified atom stereocenters. The third-order valence-electron chi connectivity index (χ3n) is 2.50. The summed E-state index contributed by atoms with van der Waals surface area (Å²) in [6.07, 6.45) is 0.291. The van der Waals surface area contributed by atoms with E-state index in [1.165, 1.54) is 6.92 Å². The van der Waals surface area contributed by atoms with Gasteiger partial charge in [-0.25, -0.2) is 16.8 Å². The first kappa shape index (κ1) is 13.4. The zero-order valence-corrected chi connectivity index (χ0v) is 10.6. The number of rotatable bonds is 2. The van der Waals surface area contributed by atoms with Crippen LogP contribution in [0.15, 0.2) is 0 Å². The average Bonchev–Trinajstić information content (AvgIpc) is 2.38. The van der Waals surface area contributed by atoms with Crippen molar-refractivity contribution in [3.63, 3.8) is 0 Å². The number of hydrogen-bond donors (Lipinski definition) is 0. The van der Waals surface area contributed by atoms with Gasteiger partial charge in [0.2, 0.25) is 10.0 Å². The molecule has 0 amide bonds. The molecule has 0 aromatic carbocycles.